The Bertz CT molecular complexity index is 377. The van der Waals surface area contributed by atoms with E-state index in [1.54, 1.807) is 12.1 Å². The maximum absolute atomic E-state index is 10.1. The van der Waals surface area contributed by atoms with Gasteiger partial charge in [-0.1, -0.05) is 0 Å². The first-order valence-corrected chi connectivity index (χ1v) is 5.74. The van der Waals surface area contributed by atoms with Gasteiger partial charge in [0.1, 0.15) is 12.2 Å². The van der Waals surface area contributed by atoms with Gasteiger partial charge >= 0.3 is 0 Å². The van der Waals surface area contributed by atoms with Gasteiger partial charge in [-0.05, 0) is 17.7 Å². The summed E-state index contributed by atoms with van der Waals surface area (Å²) >= 11 is 0. The Balaban J connectivity index is 3.22. The number of hydrogen-bond acceptors (Lipinski definition) is 6. The van der Waals surface area contributed by atoms with Crippen molar-refractivity contribution in [1.29, 1.82) is 0 Å². The molecule has 0 aromatic heterocycles. The summed E-state index contributed by atoms with van der Waals surface area (Å²) < 4.78 is 20.6. The first-order chi connectivity index (χ1) is 9.12. The Kier molecular flexibility index (Phi) is 5.88. The smallest absolute Gasteiger partial charge is 0.203 e. The van der Waals surface area contributed by atoms with Gasteiger partial charge in [0.05, 0.1) is 27.9 Å². The lowest BCUT2D eigenvalue weighted by molar-refractivity contribution is -0.0425. The van der Waals surface area contributed by atoms with E-state index in [9.17, 15) is 5.11 Å². The van der Waals surface area contributed by atoms with Crippen molar-refractivity contribution in [3.8, 4) is 17.2 Å². The van der Waals surface area contributed by atoms with Crippen LogP contribution in [0.4, 0.5) is 0 Å². The van der Waals surface area contributed by atoms with E-state index < -0.39 is 12.2 Å². The van der Waals surface area contributed by atoms with E-state index in [-0.39, 0.29) is 6.61 Å². The maximum atomic E-state index is 10.1. The van der Waals surface area contributed by atoms with Gasteiger partial charge < -0.3 is 29.2 Å². The third-order valence-corrected chi connectivity index (χ3v) is 2.86. The van der Waals surface area contributed by atoms with Crippen LogP contribution < -0.4 is 14.2 Å². The molecule has 2 unspecified atom stereocenters. The molecule has 0 aliphatic heterocycles. The summed E-state index contributed by atoms with van der Waals surface area (Å²) in [5.74, 6) is 1.31. The lowest BCUT2D eigenvalue weighted by Gasteiger charge is -2.22. The first-order valence-electron chi connectivity index (χ1n) is 5.74. The van der Waals surface area contributed by atoms with Crippen LogP contribution in [0.1, 0.15) is 11.7 Å². The van der Waals surface area contributed by atoms with Crippen LogP contribution in [0.3, 0.4) is 0 Å². The van der Waals surface area contributed by atoms with E-state index in [1.807, 2.05) is 0 Å². The fourth-order valence-electron chi connectivity index (χ4n) is 1.79. The molecule has 6 heteroatoms. The highest BCUT2D eigenvalue weighted by Gasteiger charge is 2.23. The summed E-state index contributed by atoms with van der Waals surface area (Å²) in [6, 6.07) is 3.24. The van der Waals surface area contributed by atoms with Crippen molar-refractivity contribution in [3.63, 3.8) is 0 Å². The van der Waals surface area contributed by atoms with E-state index >= 15 is 0 Å². The van der Waals surface area contributed by atoms with Gasteiger partial charge in [0.2, 0.25) is 5.75 Å². The van der Waals surface area contributed by atoms with Crippen LogP contribution in [0.15, 0.2) is 12.1 Å². The van der Waals surface area contributed by atoms with Crippen LogP contribution in [0.5, 0.6) is 17.2 Å². The SMILES string of the molecule is COc1cc(C(O)C(CO)OC)cc(OC)c1OC. The van der Waals surface area contributed by atoms with Crippen molar-refractivity contribution in [2.75, 3.05) is 35.0 Å². The third-order valence-electron chi connectivity index (χ3n) is 2.86. The number of hydrogen-bond donors (Lipinski definition) is 2. The van der Waals surface area contributed by atoms with E-state index in [0.717, 1.165) is 0 Å². The molecule has 19 heavy (non-hydrogen) atoms. The van der Waals surface area contributed by atoms with Crippen LogP contribution in [0, 0.1) is 0 Å². The molecule has 0 radical (unpaired) electrons. The standard InChI is InChI=1S/C13H20O6/c1-16-9-5-8(12(15)11(7-14)18-3)6-10(17-2)13(9)19-4/h5-6,11-12,14-15H,7H2,1-4H3. The van der Waals surface area contributed by atoms with Crippen molar-refractivity contribution >= 4 is 0 Å². The second-order valence-electron chi connectivity index (χ2n) is 3.86. The molecule has 1 aromatic carbocycles. The van der Waals surface area contributed by atoms with Crippen LogP contribution in [0.2, 0.25) is 0 Å². The van der Waals surface area contributed by atoms with Crippen molar-refractivity contribution in [2.45, 2.75) is 12.2 Å². The molecule has 0 amide bonds. The van der Waals surface area contributed by atoms with Crippen LogP contribution >= 0.6 is 0 Å². The highest BCUT2D eigenvalue weighted by molar-refractivity contribution is 5.54. The molecule has 0 saturated heterocycles. The average Bonchev–Trinajstić information content (AvgIpc) is 2.46. The molecule has 1 rings (SSSR count). The molecular formula is C13H20O6. The summed E-state index contributed by atoms with van der Waals surface area (Å²) in [6.07, 6.45) is -1.72. The lowest BCUT2D eigenvalue weighted by Crippen LogP contribution is -2.24. The molecule has 0 aliphatic carbocycles. The Morgan fingerprint density at radius 2 is 1.53 bits per heavy atom. The fraction of sp³-hybridized carbons (Fsp3) is 0.538. The summed E-state index contributed by atoms with van der Waals surface area (Å²) in [6.45, 7) is -0.297. The van der Waals surface area contributed by atoms with Gasteiger partial charge in [-0.25, -0.2) is 0 Å². The van der Waals surface area contributed by atoms with E-state index in [4.69, 9.17) is 24.1 Å². The number of methoxy groups -OCH3 is 4. The zero-order valence-corrected chi connectivity index (χ0v) is 11.5. The second-order valence-corrected chi connectivity index (χ2v) is 3.86. The third kappa shape index (κ3) is 3.28. The molecule has 0 aliphatic rings. The Labute approximate surface area is 112 Å². The van der Waals surface area contributed by atoms with Gasteiger partial charge in [0.15, 0.2) is 11.5 Å². The average molecular weight is 272 g/mol. The van der Waals surface area contributed by atoms with Crippen LogP contribution in [0.25, 0.3) is 0 Å². The molecule has 108 valence electrons. The minimum absolute atomic E-state index is 0.297. The predicted octanol–water partition coefficient (Wildman–Crippen LogP) is 0.753. The van der Waals surface area contributed by atoms with Gasteiger partial charge in [-0.2, -0.15) is 0 Å². The van der Waals surface area contributed by atoms with Crippen LogP contribution in [-0.4, -0.2) is 51.4 Å². The Hall–Kier alpha value is -1.50. The molecule has 1 aromatic rings. The zero-order valence-electron chi connectivity index (χ0n) is 11.5. The molecule has 2 N–H and O–H groups in total. The topological polar surface area (TPSA) is 77.4 Å². The summed E-state index contributed by atoms with van der Waals surface area (Å²) in [5, 5.41) is 19.3. The van der Waals surface area contributed by atoms with Gasteiger partial charge in [-0.15, -0.1) is 0 Å². The molecule has 6 nitrogen and oxygen atoms in total. The highest BCUT2D eigenvalue weighted by Crippen LogP contribution is 2.40. The molecule has 2 atom stereocenters. The normalized spacial score (nSPS) is 13.8. The lowest BCUT2D eigenvalue weighted by atomic mass is 10.0. The van der Waals surface area contributed by atoms with E-state index in [1.165, 1.54) is 28.4 Å². The molecule has 0 heterocycles. The quantitative estimate of drug-likeness (QED) is 0.763. The van der Waals surface area contributed by atoms with E-state index in [2.05, 4.69) is 0 Å². The van der Waals surface area contributed by atoms with Crippen molar-refractivity contribution in [1.82, 2.24) is 0 Å². The number of aliphatic hydroxyl groups excluding tert-OH is 2. The number of benzene rings is 1. The number of aliphatic hydroxyl groups is 2. The molecular weight excluding hydrogens is 252 g/mol. The van der Waals surface area contributed by atoms with Gasteiger partial charge in [0, 0.05) is 7.11 Å². The van der Waals surface area contributed by atoms with Crippen molar-refractivity contribution < 1.29 is 29.2 Å². The van der Waals surface area contributed by atoms with Crippen molar-refractivity contribution in [2.24, 2.45) is 0 Å². The Morgan fingerprint density at radius 3 is 1.84 bits per heavy atom. The summed E-state index contributed by atoms with van der Waals surface area (Å²) in [5.41, 5.74) is 0.510. The van der Waals surface area contributed by atoms with Crippen molar-refractivity contribution in [3.05, 3.63) is 17.7 Å². The second kappa shape index (κ2) is 7.18. The summed E-state index contributed by atoms with van der Waals surface area (Å²) in [7, 11) is 5.91. The Morgan fingerprint density at radius 1 is 1.00 bits per heavy atom. The van der Waals surface area contributed by atoms with Gasteiger partial charge in [-0.3, -0.25) is 0 Å². The minimum atomic E-state index is -0.997. The monoisotopic (exact) mass is 272 g/mol. The highest BCUT2D eigenvalue weighted by atomic mass is 16.5. The zero-order chi connectivity index (χ0) is 14.4. The molecule has 0 saturated carbocycles. The minimum Gasteiger partial charge on any atom is -0.493 e. The fourth-order valence-corrected chi connectivity index (χ4v) is 1.79. The first kappa shape index (κ1) is 15.6. The maximum Gasteiger partial charge on any atom is 0.203 e. The summed E-state index contributed by atoms with van der Waals surface area (Å²) in [4.78, 5) is 0. The number of rotatable bonds is 7. The number of ether oxygens (including phenoxy) is 4. The molecule has 0 spiro atoms. The van der Waals surface area contributed by atoms with Gasteiger partial charge in [0.25, 0.3) is 0 Å². The molecule has 0 bridgehead atoms. The largest absolute Gasteiger partial charge is 0.493 e. The van der Waals surface area contributed by atoms with Crippen LogP contribution in [-0.2, 0) is 4.74 Å². The molecule has 0 fully saturated rings. The van der Waals surface area contributed by atoms with E-state index in [0.29, 0.717) is 22.8 Å². The predicted molar refractivity (Wildman–Crippen MR) is 68.9 cm³/mol.